The molecule has 0 aromatic heterocycles. The molecule has 0 saturated heterocycles. The van der Waals surface area contributed by atoms with Crippen LogP contribution in [0.1, 0.15) is 123 Å². The highest BCUT2D eigenvalue weighted by molar-refractivity contribution is 7.86. The van der Waals surface area contributed by atoms with Gasteiger partial charge >= 0.3 is 0 Å². The summed E-state index contributed by atoms with van der Waals surface area (Å²) >= 11 is 0. The van der Waals surface area contributed by atoms with Gasteiger partial charge in [-0.2, -0.15) is 8.42 Å². The standard InChI is InChI=1S/C21H44O4S/c1-3-5-6-7-11-14-18-21(26(23,24)25)19-15-12-9-8-10-13-17-20(22)16-4-2/h20-22H,3-19H2,1-2H3,(H,23,24,25). The van der Waals surface area contributed by atoms with E-state index in [0.717, 1.165) is 70.6 Å². The number of hydrogen-bond donors (Lipinski definition) is 2. The fourth-order valence-electron chi connectivity index (χ4n) is 3.53. The summed E-state index contributed by atoms with van der Waals surface area (Å²) in [6.07, 6.45) is 17.1. The molecule has 2 N–H and O–H groups in total. The fraction of sp³-hybridized carbons (Fsp3) is 1.00. The van der Waals surface area contributed by atoms with E-state index < -0.39 is 15.4 Å². The van der Waals surface area contributed by atoms with E-state index >= 15 is 0 Å². The third kappa shape index (κ3) is 16.1. The lowest BCUT2D eigenvalue weighted by atomic mass is 10.0. The summed E-state index contributed by atoms with van der Waals surface area (Å²) in [6, 6.07) is 0. The smallest absolute Gasteiger partial charge is 0.267 e. The predicted molar refractivity (Wildman–Crippen MR) is 111 cm³/mol. The van der Waals surface area contributed by atoms with E-state index in [1.165, 1.54) is 25.7 Å². The molecule has 5 heteroatoms. The maximum Gasteiger partial charge on any atom is 0.267 e. The molecule has 0 fully saturated rings. The highest BCUT2D eigenvalue weighted by atomic mass is 32.2. The number of unbranched alkanes of at least 4 members (excludes halogenated alkanes) is 10. The Morgan fingerprint density at radius 3 is 1.46 bits per heavy atom. The molecule has 4 nitrogen and oxygen atoms in total. The van der Waals surface area contributed by atoms with Crippen molar-refractivity contribution in [2.75, 3.05) is 0 Å². The van der Waals surface area contributed by atoms with Gasteiger partial charge in [0.2, 0.25) is 0 Å². The number of aliphatic hydroxyl groups is 1. The molecule has 0 aliphatic heterocycles. The van der Waals surface area contributed by atoms with E-state index in [-0.39, 0.29) is 6.10 Å². The SMILES string of the molecule is CCCCCCCCC(CCCCCCCCC(O)CCC)S(=O)(=O)O. The van der Waals surface area contributed by atoms with E-state index in [1.807, 2.05) is 0 Å². The zero-order valence-corrected chi connectivity index (χ0v) is 18.1. The lowest BCUT2D eigenvalue weighted by molar-refractivity contribution is 0.150. The van der Waals surface area contributed by atoms with Crippen LogP contribution in [0.5, 0.6) is 0 Å². The normalized spacial score (nSPS) is 14.5. The molecule has 0 bridgehead atoms. The monoisotopic (exact) mass is 392 g/mol. The van der Waals surface area contributed by atoms with Crippen molar-refractivity contribution in [3.63, 3.8) is 0 Å². The topological polar surface area (TPSA) is 74.6 Å². The third-order valence-corrected chi connectivity index (χ3v) is 6.55. The van der Waals surface area contributed by atoms with Gasteiger partial charge in [-0.25, -0.2) is 0 Å². The molecule has 0 amide bonds. The Labute approximate surface area is 162 Å². The molecule has 0 heterocycles. The minimum atomic E-state index is -3.91. The second-order valence-electron chi connectivity index (χ2n) is 7.83. The molecule has 0 spiro atoms. The van der Waals surface area contributed by atoms with Gasteiger partial charge in [0.05, 0.1) is 11.4 Å². The van der Waals surface area contributed by atoms with Crippen LogP contribution in [-0.4, -0.2) is 29.4 Å². The van der Waals surface area contributed by atoms with Crippen LogP contribution in [0.25, 0.3) is 0 Å². The number of aliphatic hydroxyl groups excluding tert-OH is 1. The maximum absolute atomic E-state index is 11.6. The highest BCUT2D eigenvalue weighted by Crippen LogP contribution is 2.19. The first kappa shape index (κ1) is 25.9. The molecule has 0 aliphatic rings. The number of rotatable bonds is 19. The molecule has 2 atom stereocenters. The van der Waals surface area contributed by atoms with Crippen molar-refractivity contribution in [3.8, 4) is 0 Å². The molecular weight excluding hydrogens is 348 g/mol. The minimum Gasteiger partial charge on any atom is -0.393 e. The second-order valence-corrected chi connectivity index (χ2v) is 9.53. The maximum atomic E-state index is 11.6. The summed E-state index contributed by atoms with van der Waals surface area (Å²) in [7, 11) is -3.91. The summed E-state index contributed by atoms with van der Waals surface area (Å²) in [5, 5.41) is 9.11. The van der Waals surface area contributed by atoms with Crippen LogP contribution in [0, 0.1) is 0 Å². The van der Waals surface area contributed by atoms with E-state index in [4.69, 9.17) is 0 Å². The molecule has 158 valence electrons. The van der Waals surface area contributed by atoms with Gasteiger partial charge in [0.1, 0.15) is 0 Å². The van der Waals surface area contributed by atoms with E-state index in [9.17, 15) is 18.1 Å². The highest BCUT2D eigenvalue weighted by Gasteiger charge is 2.21. The average Bonchev–Trinajstić information content (AvgIpc) is 2.57. The summed E-state index contributed by atoms with van der Waals surface area (Å²) in [5.74, 6) is 0. The first-order valence-corrected chi connectivity index (χ1v) is 12.6. The van der Waals surface area contributed by atoms with Crippen LogP contribution >= 0.6 is 0 Å². The molecule has 0 aromatic rings. The van der Waals surface area contributed by atoms with Gasteiger partial charge in [-0.15, -0.1) is 0 Å². The summed E-state index contributed by atoms with van der Waals surface area (Å²) in [6.45, 7) is 4.28. The van der Waals surface area contributed by atoms with Gasteiger partial charge < -0.3 is 5.11 Å². The largest absolute Gasteiger partial charge is 0.393 e. The van der Waals surface area contributed by atoms with Crippen molar-refractivity contribution in [3.05, 3.63) is 0 Å². The first-order chi connectivity index (χ1) is 12.4. The van der Waals surface area contributed by atoms with Crippen molar-refractivity contribution >= 4 is 10.1 Å². The number of hydrogen-bond acceptors (Lipinski definition) is 3. The third-order valence-electron chi connectivity index (χ3n) is 5.24. The second kappa shape index (κ2) is 17.0. The van der Waals surface area contributed by atoms with E-state index in [2.05, 4.69) is 13.8 Å². The Hall–Kier alpha value is -0.130. The van der Waals surface area contributed by atoms with Crippen molar-refractivity contribution in [2.45, 2.75) is 134 Å². The molecule has 2 unspecified atom stereocenters. The van der Waals surface area contributed by atoms with Gasteiger partial charge in [0.25, 0.3) is 10.1 Å². The summed E-state index contributed by atoms with van der Waals surface area (Å²) in [4.78, 5) is 0. The molecule has 0 rings (SSSR count). The minimum absolute atomic E-state index is 0.141. The lowest BCUT2D eigenvalue weighted by Crippen LogP contribution is -2.20. The Morgan fingerprint density at radius 2 is 1.04 bits per heavy atom. The molecular formula is C21H44O4S. The molecule has 0 aliphatic carbocycles. The van der Waals surface area contributed by atoms with Crippen molar-refractivity contribution in [1.82, 2.24) is 0 Å². The van der Waals surface area contributed by atoms with Crippen molar-refractivity contribution in [1.29, 1.82) is 0 Å². The lowest BCUT2D eigenvalue weighted by Gasteiger charge is -2.14. The van der Waals surface area contributed by atoms with Crippen LogP contribution in [0.2, 0.25) is 0 Å². The fourth-order valence-corrected chi connectivity index (χ4v) is 4.46. The van der Waals surface area contributed by atoms with Crippen LogP contribution < -0.4 is 0 Å². The van der Waals surface area contributed by atoms with Gasteiger partial charge in [-0.3, -0.25) is 4.55 Å². The van der Waals surface area contributed by atoms with Crippen LogP contribution in [-0.2, 0) is 10.1 Å². The van der Waals surface area contributed by atoms with Crippen LogP contribution in [0.4, 0.5) is 0 Å². The van der Waals surface area contributed by atoms with Crippen LogP contribution in [0.3, 0.4) is 0 Å². The quantitative estimate of drug-likeness (QED) is 0.200. The molecule has 0 aromatic carbocycles. The summed E-state index contributed by atoms with van der Waals surface area (Å²) < 4.78 is 32.5. The summed E-state index contributed by atoms with van der Waals surface area (Å²) in [5.41, 5.74) is 0. The predicted octanol–water partition coefficient (Wildman–Crippen LogP) is 6.28. The Kier molecular flexibility index (Phi) is 16.9. The Bertz CT molecular complexity index is 395. The van der Waals surface area contributed by atoms with E-state index in [1.54, 1.807) is 0 Å². The zero-order chi connectivity index (χ0) is 19.7. The van der Waals surface area contributed by atoms with Crippen molar-refractivity contribution < 1.29 is 18.1 Å². The molecule has 0 radical (unpaired) electrons. The Morgan fingerprint density at radius 1 is 0.615 bits per heavy atom. The van der Waals surface area contributed by atoms with Gasteiger partial charge in [-0.1, -0.05) is 97.3 Å². The van der Waals surface area contributed by atoms with Crippen molar-refractivity contribution in [2.24, 2.45) is 0 Å². The molecule has 26 heavy (non-hydrogen) atoms. The molecule has 0 saturated carbocycles. The van der Waals surface area contributed by atoms with Gasteiger partial charge in [0.15, 0.2) is 0 Å². The van der Waals surface area contributed by atoms with Crippen LogP contribution in [0.15, 0.2) is 0 Å². The zero-order valence-electron chi connectivity index (χ0n) is 17.3. The van der Waals surface area contributed by atoms with E-state index in [0.29, 0.717) is 12.8 Å². The van der Waals surface area contributed by atoms with Gasteiger partial charge in [0, 0.05) is 0 Å². The Balaban J connectivity index is 3.72. The van der Waals surface area contributed by atoms with Gasteiger partial charge in [-0.05, 0) is 25.7 Å². The average molecular weight is 393 g/mol. The first-order valence-electron chi connectivity index (χ1n) is 11.1.